The van der Waals surface area contributed by atoms with Gasteiger partial charge >= 0.3 is 0 Å². The Hall–Kier alpha value is -2.66. The van der Waals surface area contributed by atoms with E-state index < -0.39 is 5.91 Å². The van der Waals surface area contributed by atoms with E-state index in [1.165, 1.54) is 25.3 Å². The SMILES string of the molecule is CC(=O)c1ccc(C(N)=O)cc1Nc1ccc(C2CCN(C(C)C)CC2)cc1. The van der Waals surface area contributed by atoms with Gasteiger partial charge in [0.25, 0.3) is 0 Å². The topological polar surface area (TPSA) is 75.4 Å². The van der Waals surface area contributed by atoms with Gasteiger partial charge in [-0.3, -0.25) is 9.59 Å². The van der Waals surface area contributed by atoms with Crippen molar-refractivity contribution in [2.24, 2.45) is 5.73 Å². The maximum atomic E-state index is 11.9. The van der Waals surface area contributed by atoms with Gasteiger partial charge in [0.2, 0.25) is 5.91 Å². The Labute approximate surface area is 166 Å². The first-order valence-electron chi connectivity index (χ1n) is 9.91. The zero-order chi connectivity index (χ0) is 20.3. The molecule has 1 fully saturated rings. The van der Waals surface area contributed by atoms with Crippen molar-refractivity contribution in [3.63, 3.8) is 0 Å². The molecular formula is C23H29N3O2. The monoisotopic (exact) mass is 379 g/mol. The fraction of sp³-hybridized carbons (Fsp3) is 0.391. The molecule has 0 bridgehead atoms. The first kappa shape index (κ1) is 20.1. The molecule has 0 saturated carbocycles. The van der Waals surface area contributed by atoms with Crippen LogP contribution in [-0.4, -0.2) is 35.7 Å². The highest BCUT2D eigenvalue weighted by molar-refractivity contribution is 6.03. The molecule has 5 nitrogen and oxygen atoms in total. The van der Waals surface area contributed by atoms with Gasteiger partial charge in [-0.15, -0.1) is 0 Å². The molecule has 0 unspecified atom stereocenters. The van der Waals surface area contributed by atoms with Crippen molar-refractivity contribution in [2.75, 3.05) is 18.4 Å². The van der Waals surface area contributed by atoms with E-state index in [-0.39, 0.29) is 5.78 Å². The Kier molecular flexibility index (Phi) is 6.15. The molecule has 1 heterocycles. The highest BCUT2D eigenvalue weighted by atomic mass is 16.1. The fourth-order valence-corrected chi connectivity index (χ4v) is 3.85. The summed E-state index contributed by atoms with van der Waals surface area (Å²) in [7, 11) is 0. The maximum absolute atomic E-state index is 11.9. The number of rotatable bonds is 6. The fourth-order valence-electron chi connectivity index (χ4n) is 3.85. The second-order valence-corrected chi connectivity index (χ2v) is 7.83. The number of nitrogens with one attached hydrogen (secondary N) is 1. The molecule has 1 saturated heterocycles. The highest BCUT2D eigenvalue weighted by Crippen LogP contribution is 2.30. The third kappa shape index (κ3) is 4.60. The summed E-state index contributed by atoms with van der Waals surface area (Å²) in [5.41, 5.74) is 9.13. The Balaban J connectivity index is 1.74. The van der Waals surface area contributed by atoms with E-state index in [4.69, 9.17) is 5.73 Å². The molecule has 148 valence electrons. The van der Waals surface area contributed by atoms with Crippen LogP contribution in [0.25, 0.3) is 0 Å². The second-order valence-electron chi connectivity index (χ2n) is 7.83. The number of likely N-dealkylation sites (tertiary alicyclic amines) is 1. The van der Waals surface area contributed by atoms with Crippen LogP contribution in [-0.2, 0) is 0 Å². The zero-order valence-electron chi connectivity index (χ0n) is 16.9. The number of anilines is 2. The van der Waals surface area contributed by atoms with Gasteiger partial charge in [0.05, 0.1) is 5.69 Å². The molecular weight excluding hydrogens is 350 g/mol. The van der Waals surface area contributed by atoms with Crippen molar-refractivity contribution in [1.82, 2.24) is 4.90 Å². The molecule has 0 atom stereocenters. The van der Waals surface area contributed by atoms with Crippen LogP contribution in [0.5, 0.6) is 0 Å². The number of nitrogens with two attached hydrogens (primary N) is 1. The summed E-state index contributed by atoms with van der Waals surface area (Å²) in [6.45, 7) is 8.30. The number of ketones is 1. The third-order valence-corrected chi connectivity index (χ3v) is 5.60. The molecule has 1 aliphatic rings. The minimum atomic E-state index is -0.513. The minimum absolute atomic E-state index is 0.0629. The van der Waals surface area contributed by atoms with Gasteiger partial charge in [0, 0.05) is 22.9 Å². The number of carbonyl (C=O) groups excluding carboxylic acids is 2. The van der Waals surface area contributed by atoms with Crippen LogP contribution in [0.3, 0.4) is 0 Å². The van der Waals surface area contributed by atoms with Gasteiger partial charge in [-0.25, -0.2) is 0 Å². The number of hydrogen-bond acceptors (Lipinski definition) is 4. The lowest BCUT2D eigenvalue weighted by Crippen LogP contribution is -2.37. The number of benzene rings is 2. The minimum Gasteiger partial charge on any atom is -0.366 e. The number of hydrogen-bond donors (Lipinski definition) is 2. The van der Waals surface area contributed by atoms with Crippen LogP contribution in [0.4, 0.5) is 11.4 Å². The van der Waals surface area contributed by atoms with Gasteiger partial charge in [-0.05, 0) is 88.5 Å². The van der Waals surface area contributed by atoms with Crippen molar-refractivity contribution in [3.8, 4) is 0 Å². The summed E-state index contributed by atoms with van der Waals surface area (Å²) < 4.78 is 0. The van der Waals surface area contributed by atoms with Gasteiger partial charge in [0.1, 0.15) is 0 Å². The molecule has 0 radical (unpaired) electrons. The number of Topliss-reactive ketones (excluding diaryl/α,β-unsaturated/α-hetero) is 1. The molecule has 2 aromatic carbocycles. The van der Waals surface area contributed by atoms with E-state index in [2.05, 4.69) is 36.2 Å². The van der Waals surface area contributed by atoms with E-state index in [9.17, 15) is 9.59 Å². The van der Waals surface area contributed by atoms with Gasteiger partial charge < -0.3 is 16.0 Å². The van der Waals surface area contributed by atoms with Crippen molar-refractivity contribution < 1.29 is 9.59 Å². The van der Waals surface area contributed by atoms with Gasteiger partial charge in [0.15, 0.2) is 5.78 Å². The number of amides is 1. The number of primary amides is 1. The zero-order valence-corrected chi connectivity index (χ0v) is 16.9. The molecule has 5 heteroatoms. The molecule has 1 amide bonds. The van der Waals surface area contributed by atoms with Crippen LogP contribution < -0.4 is 11.1 Å². The van der Waals surface area contributed by atoms with Crippen LogP contribution in [0, 0.1) is 0 Å². The summed E-state index contributed by atoms with van der Waals surface area (Å²) in [6.07, 6.45) is 2.36. The van der Waals surface area contributed by atoms with E-state index in [0.29, 0.717) is 28.8 Å². The largest absolute Gasteiger partial charge is 0.366 e. The first-order valence-corrected chi connectivity index (χ1v) is 9.91. The van der Waals surface area contributed by atoms with Crippen molar-refractivity contribution in [3.05, 3.63) is 59.2 Å². The molecule has 28 heavy (non-hydrogen) atoms. The van der Waals surface area contributed by atoms with Crippen LogP contribution in [0.1, 0.15) is 65.8 Å². The van der Waals surface area contributed by atoms with Crippen molar-refractivity contribution in [1.29, 1.82) is 0 Å². The summed E-state index contributed by atoms with van der Waals surface area (Å²) in [5, 5.41) is 3.26. The lowest BCUT2D eigenvalue weighted by atomic mass is 9.89. The highest BCUT2D eigenvalue weighted by Gasteiger charge is 2.22. The molecule has 1 aliphatic heterocycles. The molecule has 3 N–H and O–H groups in total. The van der Waals surface area contributed by atoms with Crippen LogP contribution >= 0.6 is 0 Å². The Morgan fingerprint density at radius 1 is 1.07 bits per heavy atom. The summed E-state index contributed by atoms with van der Waals surface area (Å²) in [5.74, 6) is 0.0170. The average molecular weight is 380 g/mol. The average Bonchev–Trinajstić information content (AvgIpc) is 2.68. The lowest BCUT2D eigenvalue weighted by molar-refractivity contribution is 0.0993. The summed E-state index contributed by atoms with van der Waals surface area (Å²) >= 11 is 0. The number of carbonyl (C=O) groups is 2. The standard InChI is InChI=1S/C23H29N3O2/c1-15(2)26-12-10-18(11-13-26)17-4-7-20(8-5-17)25-22-14-19(23(24)28)6-9-21(22)16(3)27/h4-9,14-15,18,25H,10-13H2,1-3H3,(H2,24,28). The first-order chi connectivity index (χ1) is 13.3. The Bertz CT molecular complexity index is 851. The summed E-state index contributed by atoms with van der Waals surface area (Å²) in [4.78, 5) is 25.9. The quantitative estimate of drug-likeness (QED) is 0.733. The van der Waals surface area contributed by atoms with E-state index in [1.54, 1.807) is 18.2 Å². The molecule has 0 aliphatic carbocycles. The van der Waals surface area contributed by atoms with E-state index in [0.717, 1.165) is 18.8 Å². The predicted molar refractivity (Wildman–Crippen MR) is 113 cm³/mol. The second kappa shape index (κ2) is 8.57. The Morgan fingerprint density at radius 3 is 2.25 bits per heavy atom. The normalized spacial score (nSPS) is 15.6. The smallest absolute Gasteiger partial charge is 0.248 e. The van der Waals surface area contributed by atoms with Crippen LogP contribution in [0.15, 0.2) is 42.5 Å². The van der Waals surface area contributed by atoms with Crippen molar-refractivity contribution in [2.45, 2.75) is 45.6 Å². The number of piperidine rings is 1. The molecule has 3 rings (SSSR count). The van der Waals surface area contributed by atoms with E-state index >= 15 is 0 Å². The summed E-state index contributed by atoms with van der Waals surface area (Å²) in [6, 6.07) is 13.8. The van der Waals surface area contributed by atoms with E-state index in [1.807, 2.05) is 12.1 Å². The Morgan fingerprint density at radius 2 is 1.71 bits per heavy atom. The third-order valence-electron chi connectivity index (χ3n) is 5.60. The molecule has 0 aromatic heterocycles. The van der Waals surface area contributed by atoms with Crippen molar-refractivity contribution >= 4 is 23.1 Å². The van der Waals surface area contributed by atoms with Gasteiger partial charge in [-0.1, -0.05) is 12.1 Å². The lowest BCUT2D eigenvalue weighted by Gasteiger charge is -2.34. The number of nitrogens with zero attached hydrogens (tertiary/aromatic N) is 1. The molecule has 0 spiro atoms. The van der Waals surface area contributed by atoms with Gasteiger partial charge in [-0.2, -0.15) is 0 Å². The predicted octanol–water partition coefficient (Wildman–Crippen LogP) is 4.32. The maximum Gasteiger partial charge on any atom is 0.248 e. The molecule has 2 aromatic rings. The van der Waals surface area contributed by atoms with Crippen LogP contribution in [0.2, 0.25) is 0 Å².